The van der Waals surface area contributed by atoms with Gasteiger partial charge in [-0.3, -0.25) is 29.4 Å². The van der Waals surface area contributed by atoms with Gasteiger partial charge in [-0.05, 0) is 42.8 Å². The molecule has 3 aromatic carbocycles. The number of carbonyl (C=O) groups is 3. The van der Waals surface area contributed by atoms with E-state index in [9.17, 15) is 24.5 Å². The number of imide groups is 1. The lowest BCUT2D eigenvalue weighted by molar-refractivity contribution is -0.385. The summed E-state index contributed by atoms with van der Waals surface area (Å²) in [5, 5.41) is 14.0. The summed E-state index contributed by atoms with van der Waals surface area (Å²) in [5.74, 6) is -1.56. The topological polar surface area (TPSA) is 136 Å². The number of nitrogens with one attached hydrogen (secondary N) is 1. The summed E-state index contributed by atoms with van der Waals surface area (Å²) >= 11 is 0. The number of benzene rings is 3. The van der Waals surface area contributed by atoms with Crippen molar-refractivity contribution in [3.63, 3.8) is 0 Å². The highest BCUT2D eigenvalue weighted by Crippen LogP contribution is 2.32. The number of hydrogen-bond acceptors (Lipinski definition) is 7. The fourth-order valence-corrected chi connectivity index (χ4v) is 4.03. The molecule has 0 radical (unpaired) electrons. The third kappa shape index (κ3) is 3.90. The highest BCUT2D eigenvalue weighted by atomic mass is 16.6. The van der Waals surface area contributed by atoms with Crippen molar-refractivity contribution in [2.45, 2.75) is 13.3 Å². The number of aryl methyl sites for hydroxylation is 1. The zero-order valence-electron chi connectivity index (χ0n) is 18.5. The van der Waals surface area contributed by atoms with Gasteiger partial charge in [-0.1, -0.05) is 24.3 Å². The summed E-state index contributed by atoms with van der Waals surface area (Å²) in [5.41, 5.74) is 2.66. The zero-order valence-corrected chi connectivity index (χ0v) is 18.5. The number of nitro benzene ring substituents is 1. The summed E-state index contributed by atoms with van der Waals surface area (Å²) in [6.45, 7) is 1.73. The number of para-hydroxylation sites is 1. The Hall–Kier alpha value is -4.86. The van der Waals surface area contributed by atoms with Crippen LogP contribution in [0.2, 0.25) is 0 Å². The molecule has 174 valence electrons. The number of amides is 3. The largest absolute Gasteiger partial charge is 0.436 e. The van der Waals surface area contributed by atoms with Crippen LogP contribution in [0.1, 0.15) is 32.7 Å². The number of aromatic nitrogens is 1. The van der Waals surface area contributed by atoms with Crippen LogP contribution in [0.3, 0.4) is 0 Å². The Balaban J connectivity index is 1.32. The van der Waals surface area contributed by atoms with Gasteiger partial charge in [0.15, 0.2) is 5.58 Å². The lowest BCUT2D eigenvalue weighted by atomic mass is 10.1. The van der Waals surface area contributed by atoms with E-state index in [0.717, 1.165) is 10.5 Å². The average Bonchev–Trinajstić information content (AvgIpc) is 3.36. The first-order valence-electron chi connectivity index (χ1n) is 10.7. The first-order valence-corrected chi connectivity index (χ1v) is 10.7. The molecule has 0 saturated carbocycles. The molecule has 2 heterocycles. The van der Waals surface area contributed by atoms with Crippen molar-refractivity contribution in [3.05, 3.63) is 87.5 Å². The molecule has 4 aromatic rings. The number of carbonyl (C=O) groups excluding carboxylic acids is 3. The monoisotopic (exact) mass is 470 g/mol. The van der Waals surface area contributed by atoms with Gasteiger partial charge in [0.1, 0.15) is 11.1 Å². The maximum Gasteiger partial charge on any atom is 0.282 e. The van der Waals surface area contributed by atoms with Crippen LogP contribution in [-0.4, -0.2) is 39.1 Å². The van der Waals surface area contributed by atoms with Crippen LogP contribution in [-0.2, 0) is 4.79 Å². The molecule has 1 aromatic heterocycles. The van der Waals surface area contributed by atoms with E-state index in [0.29, 0.717) is 28.2 Å². The van der Waals surface area contributed by atoms with Crippen LogP contribution >= 0.6 is 0 Å². The predicted octanol–water partition coefficient (Wildman–Crippen LogP) is 4.34. The Labute approximate surface area is 198 Å². The molecule has 0 atom stereocenters. The molecule has 0 bridgehead atoms. The molecule has 10 heteroatoms. The SMILES string of the molecule is Cc1ccc2oc(-c3ccccc3NC(=O)CCN3C(=O)c4cccc([N+](=O)[O-])c4C3=O)nc2c1. The van der Waals surface area contributed by atoms with Gasteiger partial charge in [-0.25, -0.2) is 4.98 Å². The summed E-state index contributed by atoms with van der Waals surface area (Å²) < 4.78 is 5.85. The summed E-state index contributed by atoms with van der Waals surface area (Å²) in [6, 6.07) is 16.5. The van der Waals surface area contributed by atoms with Crippen molar-refractivity contribution in [2.75, 3.05) is 11.9 Å². The molecular weight excluding hydrogens is 452 g/mol. The molecular formula is C25H18N4O6. The van der Waals surface area contributed by atoms with Crippen molar-refractivity contribution >= 4 is 40.2 Å². The fraction of sp³-hybridized carbons (Fsp3) is 0.120. The Morgan fingerprint density at radius 2 is 1.83 bits per heavy atom. The van der Waals surface area contributed by atoms with Crippen LogP contribution in [0.5, 0.6) is 0 Å². The van der Waals surface area contributed by atoms with Gasteiger partial charge < -0.3 is 9.73 Å². The molecule has 0 fully saturated rings. The lowest BCUT2D eigenvalue weighted by Gasteiger charge is -2.14. The molecule has 0 aliphatic carbocycles. The quantitative estimate of drug-likeness (QED) is 0.252. The van der Waals surface area contributed by atoms with Crippen molar-refractivity contribution < 1.29 is 23.7 Å². The van der Waals surface area contributed by atoms with E-state index in [-0.39, 0.29) is 24.1 Å². The Morgan fingerprint density at radius 3 is 2.63 bits per heavy atom. The van der Waals surface area contributed by atoms with Crippen LogP contribution in [0, 0.1) is 17.0 Å². The molecule has 0 saturated heterocycles. The van der Waals surface area contributed by atoms with Gasteiger partial charge in [0.25, 0.3) is 17.5 Å². The number of hydrogen-bond donors (Lipinski definition) is 1. The van der Waals surface area contributed by atoms with Gasteiger partial charge in [-0.15, -0.1) is 0 Å². The van der Waals surface area contributed by atoms with E-state index in [4.69, 9.17) is 4.42 Å². The minimum Gasteiger partial charge on any atom is -0.436 e. The Kier molecular flexibility index (Phi) is 5.33. The number of nitrogens with zero attached hydrogens (tertiary/aromatic N) is 3. The summed E-state index contributed by atoms with van der Waals surface area (Å²) in [6.07, 6.45) is -0.194. The third-order valence-corrected chi connectivity index (χ3v) is 5.71. The summed E-state index contributed by atoms with van der Waals surface area (Å²) in [4.78, 5) is 54.0. The van der Waals surface area contributed by atoms with Crippen LogP contribution in [0.25, 0.3) is 22.6 Å². The van der Waals surface area contributed by atoms with Crippen molar-refractivity contribution in [1.29, 1.82) is 0 Å². The maximum atomic E-state index is 12.7. The van der Waals surface area contributed by atoms with E-state index in [2.05, 4.69) is 10.3 Å². The molecule has 10 nitrogen and oxygen atoms in total. The van der Waals surface area contributed by atoms with Crippen molar-refractivity contribution in [3.8, 4) is 11.5 Å². The molecule has 5 rings (SSSR count). The standard InChI is InChI=1S/C25H18N4O6/c1-14-9-10-20-18(13-14)27-23(35-20)15-5-2-3-7-17(15)26-21(30)11-12-28-24(31)16-6-4-8-19(29(33)34)22(16)25(28)32/h2-10,13H,11-12H2,1H3,(H,26,30). The summed E-state index contributed by atoms with van der Waals surface area (Å²) in [7, 11) is 0. The van der Waals surface area contributed by atoms with Gasteiger partial charge in [0, 0.05) is 19.0 Å². The molecule has 35 heavy (non-hydrogen) atoms. The van der Waals surface area contributed by atoms with Gasteiger partial charge in [-0.2, -0.15) is 0 Å². The first-order chi connectivity index (χ1) is 16.8. The Morgan fingerprint density at radius 1 is 1.06 bits per heavy atom. The minimum atomic E-state index is -0.785. The second kappa shape index (κ2) is 8.49. The highest BCUT2D eigenvalue weighted by Gasteiger charge is 2.40. The van der Waals surface area contributed by atoms with Crippen LogP contribution in [0.4, 0.5) is 11.4 Å². The van der Waals surface area contributed by atoms with Gasteiger partial charge in [0.05, 0.1) is 21.7 Å². The lowest BCUT2D eigenvalue weighted by Crippen LogP contribution is -2.33. The van der Waals surface area contributed by atoms with Gasteiger partial charge in [0.2, 0.25) is 11.8 Å². The number of rotatable bonds is 6. The number of anilines is 1. The average molecular weight is 470 g/mol. The first kappa shape index (κ1) is 22.0. The highest BCUT2D eigenvalue weighted by molar-refractivity contribution is 6.23. The molecule has 0 spiro atoms. The van der Waals surface area contributed by atoms with Gasteiger partial charge >= 0.3 is 0 Å². The van der Waals surface area contributed by atoms with E-state index in [1.807, 2.05) is 25.1 Å². The predicted molar refractivity (Wildman–Crippen MR) is 126 cm³/mol. The van der Waals surface area contributed by atoms with E-state index in [1.54, 1.807) is 24.3 Å². The third-order valence-electron chi connectivity index (χ3n) is 5.71. The smallest absolute Gasteiger partial charge is 0.282 e. The van der Waals surface area contributed by atoms with E-state index >= 15 is 0 Å². The Bertz CT molecular complexity index is 1540. The second-order valence-corrected chi connectivity index (χ2v) is 8.05. The van der Waals surface area contributed by atoms with Crippen molar-refractivity contribution in [2.24, 2.45) is 0 Å². The number of nitro groups is 1. The zero-order chi connectivity index (χ0) is 24.7. The molecule has 1 aliphatic rings. The van der Waals surface area contributed by atoms with E-state index < -0.39 is 28.3 Å². The molecule has 1 N–H and O–H groups in total. The molecule has 3 amide bonds. The second-order valence-electron chi connectivity index (χ2n) is 8.05. The van der Waals surface area contributed by atoms with E-state index in [1.165, 1.54) is 18.2 Å². The van der Waals surface area contributed by atoms with Crippen LogP contribution in [0.15, 0.2) is 65.1 Å². The normalized spacial score (nSPS) is 12.8. The molecule has 1 aliphatic heterocycles. The number of oxazole rings is 1. The van der Waals surface area contributed by atoms with Crippen molar-refractivity contribution in [1.82, 2.24) is 9.88 Å². The minimum absolute atomic E-state index is 0.0406. The molecule has 0 unspecified atom stereocenters. The fourth-order valence-electron chi connectivity index (χ4n) is 4.03. The van der Waals surface area contributed by atoms with Crippen LogP contribution < -0.4 is 5.32 Å². The maximum absolute atomic E-state index is 12.7. The number of fused-ring (bicyclic) bond motifs is 2.